The molecule has 27 heavy (non-hydrogen) atoms. The van der Waals surface area contributed by atoms with Gasteiger partial charge in [-0.25, -0.2) is 9.78 Å². The van der Waals surface area contributed by atoms with E-state index in [1.54, 1.807) is 31.2 Å². The lowest BCUT2D eigenvalue weighted by atomic mass is 10.2. The Kier molecular flexibility index (Phi) is 4.21. The maximum Gasteiger partial charge on any atom is 0.362 e. The van der Waals surface area contributed by atoms with Crippen molar-refractivity contribution in [1.29, 1.82) is 0 Å². The molecule has 2 heterocycles. The summed E-state index contributed by atoms with van der Waals surface area (Å²) in [7, 11) is 0. The van der Waals surface area contributed by atoms with E-state index in [1.807, 2.05) is 30.3 Å². The van der Waals surface area contributed by atoms with E-state index in [-0.39, 0.29) is 12.4 Å². The fourth-order valence-corrected chi connectivity index (χ4v) is 2.59. The number of hydrogen-bond donors (Lipinski definition) is 0. The zero-order valence-corrected chi connectivity index (χ0v) is 14.3. The van der Waals surface area contributed by atoms with Gasteiger partial charge in [0.1, 0.15) is 11.3 Å². The van der Waals surface area contributed by atoms with Gasteiger partial charge in [-0.15, -0.1) is 5.10 Å². The largest absolute Gasteiger partial charge is 0.441 e. The molecule has 0 aliphatic carbocycles. The van der Waals surface area contributed by atoms with Crippen molar-refractivity contribution in [1.82, 2.24) is 20.0 Å². The number of rotatable bonds is 4. The summed E-state index contributed by atoms with van der Waals surface area (Å²) < 4.78 is 11.7. The number of aryl methyl sites for hydroxylation is 1. The molecular weight excluding hydrogens is 348 g/mol. The summed E-state index contributed by atoms with van der Waals surface area (Å²) in [5.41, 5.74) is 0.882. The third kappa shape index (κ3) is 3.20. The summed E-state index contributed by atoms with van der Waals surface area (Å²) >= 11 is 0. The van der Waals surface area contributed by atoms with Crippen LogP contribution in [0.1, 0.15) is 16.2 Å². The normalized spacial score (nSPS) is 10.9. The Morgan fingerprint density at radius 3 is 2.67 bits per heavy atom. The first kappa shape index (κ1) is 16.6. The number of fused-ring (bicyclic) bond motifs is 1. The van der Waals surface area contributed by atoms with Gasteiger partial charge in [0.15, 0.2) is 12.4 Å². The zero-order chi connectivity index (χ0) is 18.8. The van der Waals surface area contributed by atoms with Crippen LogP contribution in [0.2, 0.25) is 0 Å². The molecule has 0 unspecified atom stereocenters. The van der Waals surface area contributed by atoms with Crippen LogP contribution in [0.4, 0.5) is 0 Å². The number of nitrogens with zero attached hydrogens (tertiary/aromatic N) is 4. The van der Waals surface area contributed by atoms with Gasteiger partial charge >= 0.3 is 5.97 Å². The fourth-order valence-electron chi connectivity index (χ4n) is 2.59. The Morgan fingerprint density at radius 2 is 1.85 bits per heavy atom. The molecule has 0 bridgehead atoms. The van der Waals surface area contributed by atoms with Crippen molar-refractivity contribution in [3.8, 4) is 11.5 Å². The highest BCUT2D eigenvalue weighted by atomic mass is 16.5. The molecule has 0 spiro atoms. The lowest BCUT2D eigenvalue weighted by Gasteiger charge is -2.05. The van der Waals surface area contributed by atoms with Crippen LogP contribution in [0.3, 0.4) is 0 Å². The minimum Gasteiger partial charge on any atom is -0.441 e. The zero-order valence-electron chi connectivity index (χ0n) is 14.3. The van der Waals surface area contributed by atoms with E-state index in [4.69, 9.17) is 9.15 Å². The Morgan fingerprint density at radius 1 is 1.11 bits per heavy atom. The third-order valence-electron chi connectivity index (χ3n) is 3.96. The molecule has 8 heteroatoms. The van der Waals surface area contributed by atoms with Crippen LogP contribution in [0.5, 0.6) is 0 Å². The minimum absolute atomic E-state index is 0.0515. The van der Waals surface area contributed by atoms with Gasteiger partial charge in [0.25, 0.3) is 5.56 Å². The summed E-state index contributed by atoms with van der Waals surface area (Å²) in [6.07, 6.45) is 0. The Bertz CT molecular complexity index is 1180. The van der Waals surface area contributed by atoms with Crippen LogP contribution in [-0.2, 0) is 11.5 Å². The van der Waals surface area contributed by atoms with Crippen molar-refractivity contribution >= 4 is 16.9 Å². The van der Waals surface area contributed by atoms with Crippen molar-refractivity contribution in [2.45, 2.75) is 13.7 Å². The van der Waals surface area contributed by atoms with Crippen molar-refractivity contribution in [2.75, 3.05) is 0 Å². The third-order valence-corrected chi connectivity index (χ3v) is 3.96. The molecule has 0 amide bonds. The molecule has 0 saturated heterocycles. The second kappa shape index (κ2) is 6.83. The molecule has 0 fully saturated rings. The summed E-state index contributed by atoms with van der Waals surface area (Å²) in [4.78, 5) is 28.9. The van der Waals surface area contributed by atoms with Crippen molar-refractivity contribution in [3.63, 3.8) is 0 Å². The van der Waals surface area contributed by atoms with Crippen LogP contribution >= 0.6 is 0 Å². The molecule has 2 aromatic carbocycles. The van der Waals surface area contributed by atoms with Crippen LogP contribution in [0.25, 0.3) is 22.4 Å². The first-order chi connectivity index (χ1) is 13.1. The Labute approximate surface area is 153 Å². The van der Waals surface area contributed by atoms with Crippen LogP contribution < -0.4 is 5.56 Å². The van der Waals surface area contributed by atoms with Crippen LogP contribution in [0.15, 0.2) is 63.8 Å². The molecule has 0 aliphatic heterocycles. The number of hydrogen-bond acceptors (Lipinski definition) is 7. The summed E-state index contributed by atoms with van der Waals surface area (Å²) in [5.74, 6) is -0.0567. The summed E-state index contributed by atoms with van der Waals surface area (Å²) in [5, 5.41) is 8.12. The molecule has 0 radical (unpaired) electrons. The van der Waals surface area contributed by atoms with Gasteiger partial charge in [0.2, 0.25) is 5.89 Å². The number of carbonyl (C=O) groups is 1. The van der Waals surface area contributed by atoms with Gasteiger partial charge in [0, 0.05) is 5.56 Å². The molecule has 0 atom stereocenters. The SMILES string of the molecule is Cc1oc(-c2ccccc2)nc1C(=O)OCn1nnc2ccccc2c1=O. The molecule has 0 aliphatic rings. The topological polar surface area (TPSA) is 100 Å². The van der Waals surface area contributed by atoms with Gasteiger partial charge in [-0.05, 0) is 31.2 Å². The lowest BCUT2D eigenvalue weighted by molar-refractivity contribution is 0.0328. The van der Waals surface area contributed by atoms with Gasteiger partial charge < -0.3 is 9.15 Å². The number of esters is 1. The number of aromatic nitrogens is 4. The molecular formula is C19H14N4O4. The second-order valence-electron chi connectivity index (χ2n) is 5.76. The smallest absolute Gasteiger partial charge is 0.362 e. The van der Waals surface area contributed by atoms with E-state index in [0.717, 1.165) is 10.2 Å². The molecule has 4 aromatic rings. The predicted octanol–water partition coefficient (Wildman–Crippen LogP) is 2.57. The predicted molar refractivity (Wildman–Crippen MR) is 95.9 cm³/mol. The average Bonchev–Trinajstić information content (AvgIpc) is 3.10. The van der Waals surface area contributed by atoms with Crippen molar-refractivity contribution < 1.29 is 13.9 Å². The minimum atomic E-state index is -0.708. The molecule has 0 N–H and O–H groups in total. The Hall–Kier alpha value is -3.81. The standard InChI is InChI=1S/C19H14N4O4/c1-12-16(20-17(27-12)13-7-3-2-4-8-13)19(25)26-11-23-18(24)14-9-5-6-10-15(14)21-22-23/h2-10H,11H2,1H3. The van der Waals surface area contributed by atoms with Crippen LogP contribution in [-0.4, -0.2) is 25.9 Å². The first-order valence-corrected chi connectivity index (χ1v) is 8.16. The van der Waals surface area contributed by atoms with Crippen molar-refractivity contribution in [2.24, 2.45) is 0 Å². The van der Waals surface area contributed by atoms with E-state index >= 15 is 0 Å². The van der Waals surface area contributed by atoms with Gasteiger partial charge in [-0.1, -0.05) is 35.5 Å². The highest BCUT2D eigenvalue weighted by molar-refractivity contribution is 5.88. The van der Waals surface area contributed by atoms with E-state index < -0.39 is 11.5 Å². The van der Waals surface area contributed by atoms with E-state index in [2.05, 4.69) is 15.3 Å². The number of carbonyl (C=O) groups excluding carboxylic acids is 1. The quantitative estimate of drug-likeness (QED) is 0.514. The second-order valence-corrected chi connectivity index (χ2v) is 5.76. The van der Waals surface area contributed by atoms with Crippen LogP contribution in [0, 0.1) is 6.92 Å². The van der Waals surface area contributed by atoms with Gasteiger partial charge in [-0.2, -0.15) is 4.68 Å². The monoisotopic (exact) mass is 362 g/mol. The van der Waals surface area contributed by atoms with E-state index in [9.17, 15) is 9.59 Å². The summed E-state index contributed by atoms with van der Waals surface area (Å²) in [6.45, 7) is 1.25. The number of ether oxygens (including phenoxy) is 1. The lowest BCUT2D eigenvalue weighted by Crippen LogP contribution is -2.26. The molecule has 8 nitrogen and oxygen atoms in total. The number of benzene rings is 2. The highest BCUT2D eigenvalue weighted by Gasteiger charge is 2.20. The van der Waals surface area contributed by atoms with Crippen molar-refractivity contribution in [3.05, 3.63) is 76.4 Å². The maximum atomic E-state index is 12.4. The molecule has 0 saturated carbocycles. The molecule has 4 rings (SSSR count). The van der Waals surface area contributed by atoms with E-state index in [0.29, 0.717) is 22.6 Å². The fraction of sp³-hybridized carbons (Fsp3) is 0.105. The van der Waals surface area contributed by atoms with Gasteiger partial charge in [-0.3, -0.25) is 4.79 Å². The summed E-state index contributed by atoms with van der Waals surface area (Å²) in [6, 6.07) is 16.0. The molecule has 134 valence electrons. The highest BCUT2D eigenvalue weighted by Crippen LogP contribution is 2.21. The van der Waals surface area contributed by atoms with E-state index in [1.165, 1.54) is 0 Å². The van der Waals surface area contributed by atoms with Gasteiger partial charge in [0.05, 0.1) is 5.39 Å². The number of oxazole rings is 1. The maximum absolute atomic E-state index is 12.4. The first-order valence-electron chi connectivity index (χ1n) is 8.16. The molecule has 2 aromatic heterocycles. The average molecular weight is 362 g/mol. The Balaban J connectivity index is 1.54.